The van der Waals surface area contributed by atoms with Crippen molar-refractivity contribution < 1.29 is 34.1 Å². The number of carboxylic acids is 2. The summed E-state index contributed by atoms with van der Waals surface area (Å²) in [4.78, 5) is 38.4. The van der Waals surface area contributed by atoms with Gasteiger partial charge in [-0.3, -0.25) is 14.9 Å². The van der Waals surface area contributed by atoms with Crippen molar-refractivity contribution in [3.63, 3.8) is 0 Å². The van der Waals surface area contributed by atoms with Crippen LogP contribution in [0.3, 0.4) is 0 Å². The Bertz CT molecular complexity index is 1060. The number of hydrogen-bond donors (Lipinski definition) is 3. The molecule has 0 radical (unpaired) electrons. The third-order valence-corrected chi connectivity index (χ3v) is 6.09. The Balaban J connectivity index is 0.00000432. The third kappa shape index (κ3) is 8.49. The van der Waals surface area contributed by atoms with Crippen molar-refractivity contribution in [2.75, 3.05) is 14.2 Å². The van der Waals surface area contributed by atoms with Gasteiger partial charge in [-0.2, -0.15) is 40.5 Å². The Morgan fingerprint density at radius 3 is 2.08 bits per heavy atom. The van der Waals surface area contributed by atoms with Crippen molar-refractivity contribution in [3.05, 3.63) is 59.2 Å². The van der Waals surface area contributed by atoms with Crippen LogP contribution >= 0.6 is 40.5 Å². The molecule has 1 unspecified atom stereocenters. The number of ether oxygens (including phenoxy) is 2. The van der Waals surface area contributed by atoms with E-state index in [1.807, 2.05) is 30.3 Å². The van der Waals surface area contributed by atoms with Gasteiger partial charge in [0, 0.05) is 13.0 Å². The number of rotatable bonds is 10. The number of hydrogen-bond acceptors (Lipinski definition) is 6. The minimum atomic E-state index is -1.13. The number of nitrogens with one attached hydrogen (secondary N) is 1. The van der Waals surface area contributed by atoms with Gasteiger partial charge in [-0.25, -0.2) is 4.79 Å². The zero-order chi connectivity index (χ0) is 24.8. The SMILES string of the molecule is COc1cc2c(cc1OC)CN(C(=O)[C@H](C)NC(CCc1ccccc1)C(=O)O)[C@H](C(=O)O)C2.S.S.S. The normalized spacial score (nSPS) is 15.4. The van der Waals surface area contributed by atoms with Crippen LogP contribution in [-0.2, 0) is 33.8 Å². The molecule has 0 aliphatic carbocycles. The van der Waals surface area contributed by atoms with Crippen molar-refractivity contribution in [1.29, 1.82) is 0 Å². The van der Waals surface area contributed by atoms with E-state index in [4.69, 9.17) is 9.47 Å². The zero-order valence-electron chi connectivity index (χ0n) is 21.0. The first-order chi connectivity index (χ1) is 16.2. The van der Waals surface area contributed by atoms with E-state index >= 15 is 0 Å². The number of benzene rings is 2. The molecule has 0 bridgehead atoms. The Morgan fingerprint density at radius 1 is 1.00 bits per heavy atom. The molecule has 1 amide bonds. The highest BCUT2D eigenvalue weighted by Crippen LogP contribution is 2.35. The van der Waals surface area contributed by atoms with Crippen LogP contribution < -0.4 is 14.8 Å². The second kappa shape index (κ2) is 15.7. The molecule has 0 spiro atoms. The summed E-state index contributed by atoms with van der Waals surface area (Å²) < 4.78 is 10.7. The van der Waals surface area contributed by atoms with Gasteiger partial charge in [0.1, 0.15) is 12.1 Å². The fraction of sp³-hybridized carbons (Fsp3) is 0.400. The molecule has 3 rings (SSSR count). The molecule has 3 atom stereocenters. The summed E-state index contributed by atoms with van der Waals surface area (Å²) in [5.41, 5.74) is 2.52. The van der Waals surface area contributed by atoms with Crippen LogP contribution in [0.25, 0.3) is 0 Å². The van der Waals surface area contributed by atoms with Crippen molar-refractivity contribution in [1.82, 2.24) is 10.2 Å². The first-order valence-electron chi connectivity index (χ1n) is 11.0. The van der Waals surface area contributed by atoms with Gasteiger partial charge in [-0.05, 0) is 48.6 Å². The molecule has 37 heavy (non-hydrogen) atoms. The maximum Gasteiger partial charge on any atom is 0.326 e. The van der Waals surface area contributed by atoms with Crippen LogP contribution in [0.1, 0.15) is 30.0 Å². The van der Waals surface area contributed by atoms with Gasteiger partial charge >= 0.3 is 11.9 Å². The summed E-state index contributed by atoms with van der Waals surface area (Å²) in [5.74, 6) is -1.69. The summed E-state index contributed by atoms with van der Waals surface area (Å²) in [6.45, 7) is 1.63. The zero-order valence-corrected chi connectivity index (χ0v) is 24.0. The molecule has 0 saturated carbocycles. The minimum Gasteiger partial charge on any atom is -0.493 e. The van der Waals surface area contributed by atoms with Crippen LogP contribution in [-0.4, -0.2) is 65.3 Å². The second-order valence-corrected chi connectivity index (χ2v) is 8.30. The van der Waals surface area contributed by atoms with Gasteiger partial charge in [0.2, 0.25) is 5.91 Å². The third-order valence-electron chi connectivity index (χ3n) is 6.09. The molecule has 206 valence electrons. The van der Waals surface area contributed by atoms with E-state index in [1.165, 1.54) is 19.1 Å². The first-order valence-corrected chi connectivity index (χ1v) is 11.0. The number of carbonyl (C=O) groups excluding carboxylic acids is 1. The Labute approximate surface area is 237 Å². The monoisotopic (exact) mass is 572 g/mol. The smallest absolute Gasteiger partial charge is 0.326 e. The van der Waals surface area contributed by atoms with Gasteiger partial charge in [0.15, 0.2) is 11.5 Å². The number of carboxylic acid groups (broad SMARTS) is 2. The van der Waals surface area contributed by atoms with E-state index in [-0.39, 0.29) is 53.5 Å². The summed E-state index contributed by atoms with van der Waals surface area (Å²) >= 11 is 0. The molecule has 2 aromatic carbocycles. The van der Waals surface area contributed by atoms with Gasteiger partial charge in [-0.15, -0.1) is 0 Å². The summed E-state index contributed by atoms with van der Waals surface area (Å²) in [6.07, 6.45) is 0.932. The van der Waals surface area contributed by atoms with E-state index in [0.717, 1.165) is 16.7 Å². The largest absolute Gasteiger partial charge is 0.493 e. The number of nitrogens with zero attached hydrogens (tertiary/aromatic N) is 1. The van der Waals surface area contributed by atoms with Crippen LogP contribution in [0.15, 0.2) is 42.5 Å². The summed E-state index contributed by atoms with van der Waals surface area (Å²) in [5, 5.41) is 22.4. The topological polar surface area (TPSA) is 125 Å². The van der Waals surface area contributed by atoms with E-state index in [0.29, 0.717) is 24.3 Å². The van der Waals surface area contributed by atoms with Crippen LogP contribution in [0.2, 0.25) is 0 Å². The average molecular weight is 573 g/mol. The number of aryl methyl sites for hydroxylation is 1. The van der Waals surface area contributed by atoms with E-state index in [2.05, 4.69) is 5.32 Å². The molecular formula is C25H36N2O7S3. The minimum absolute atomic E-state index is 0. The van der Waals surface area contributed by atoms with E-state index < -0.39 is 36.0 Å². The van der Waals surface area contributed by atoms with Gasteiger partial charge in [0.25, 0.3) is 0 Å². The fourth-order valence-corrected chi connectivity index (χ4v) is 4.22. The highest BCUT2D eigenvalue weighted by molar-refractivity contribution is 7.59. The first kappa shape index (κ1) is 34.5. The number of amides is 1. The molecule has 0 saturated heterocycles. The van der Waals surface area contributed by atoms with Gasteiger partial charge in [0.05, 0.1) is 20.3 Å². The molecular weight excluding hydrogens is 536 g/mol. The van der Waals surface area contributed by atoms with Crippen LogP contribution in [0.5, 0.6) is 11.5 Å². The maximum absolute atomic E-state index is 13.3. The van der Waals surface area contributed by atoms with E-state index in [1.54, 1.807) is 19.1 Å². The predicted octanol–water partition coefficient (Wildman–Crippen LogP) is 2.44. The number of aliphatic carboxylic acids is 2. The Kier molecular flexibility index (Phi) is 14.6. The molecule has 9 nitrogen and oxygen atoms in total. The lowest BCUT2D eigenvalue weighted by molar-refractivity contribution is -0.152. The predicted molar refractivity (Wildman–Crippen MR) is 155 cm³/mol. The van der Waals surface area contributed by atoms with Crippen LogP contribution in [0, 0.1) is 0 Å². The summed E-state index contributed by atoms with van der Waals surface area (Å²) in [6, 6.07) is 10.0. The fourth-order valence-electron chi connectivity index (χ4n) is 4.22. The average Bonchev–Trinajstić information content (AvgIpc) is 2.84. The van der Waals surface area contributed by atoms with Crippen molar-refractivity contribution >= 4 is 58.3 Å². The molecule has 0 fully saturated rings. The van der Waals surface area contributed by atoms with E-state index in [9.17, 15) is 24.6 Å². The number of methoxy groups -OCH3 is 2. The molecule has 0 aromatic heterocycles. The standard InChI is InChI=1S/C25H30N2O7.3H2S/c1-15(26-19(24(29)30)10-9-16-7-5-4-6-8-16)23(28)27-14-18-13-22(34-3)21(33-2)12-17(18)11-20(27)25(31)32;;;/h4-8,12-13,15,19-20,26H,9-11,14H2,1-3H3,(H,29,30)(H,31,32);3*1H2/t15-,19?,20-;;;/m0.../s1. The lowest BCUT2D eigenvalue weighted by Gasteiger charge is -2.37. The van der Waals surface area contributed by atoms with Crippen molar-refractivity contribution in [3.8, 4) is 11.5 Å². The Morgan fingerprint density at radius 2 is 1.57 bits per heavy atom. The van der Waals surface area contributed by atoms with Gasteiger partial charge < -0.3 is 24.6 Å². The quantitative estimate of drug-likeness (QED) is 0.397. The number of fused-ring (bicyclic) bond motifs is 1. The molecule has 1 aliphatic rings. The Hall–Kier alpha value is -2.54. The van der Waals surface area contributed by atoms with Crippen LogP contribution in [0.4, 0.5) is 0 Å². The van der Waals surface area contributed by atoms with Crippen molar-refractivity contribution in [2.24, 2.45) is 0 Å². The van der Waals surface area contributed by atoms with Gasteiger partial charge in [-0.1, -0.05) is 30.3 Å². The molecule has 3 N–H and O–H groups in total. The molecule has 1 heterocycles. The number of carbonyl (C=O) groups is 3. The lowest BCUT2D eigenvalue weighted by atomic mass is 9.92. The molecule has 1 aliphatic heterocycles. The van der Waals surface area contributed by atoms with Crippen molar-refractivity contribution in [2.45, 2.75) is 50.9 Å². The highest BCUT2D eigenvalue weighted by atomic mass is 32.1. The highest BCUT2D eigenvalue weighted by Gasteiger charge is 2.38. The summed E-state index contributed by atoms with van der Waals surface area (Å²) in [7, 11) is 3.01. The lowest BCUT2D eigenvalue weighted by Crippen LogP contribution is -2.56. The molecule has 12 heteroatoms. The molecule has 2 aromatic rings. The maximum atomic E-state index is 13.3. The second-order valence-electron chi connectivity index (χ2n) is 8.30.